The molecule has 7 heteroatoms. The zero-order chi connectivity index (χ0) is 16.2. The van der Waals surface area contributed by atoms with Gasteiger partial charge in [-0.1, -0.05) is 5.16 Å². The van der Waals surface area contributed by atoms with Crippen molar-refractivity contribution in [1.29, 1.82) is 0 Å². The Morgan fingerprint density at radius 1 is 1.52 bits per heavy atom. The summed E-state index contributed by atoms with van der Waals surface area (Å²) in [6.45, 7) is 10.0. The zero-order valence-corrected chi connectivity index (χ0v) is 14.5. The summed E-state index contributed by atoms with van der Waals surface area (Å²) in [6, 6.07) is 0. The molecule has 1 atom stereocenters. The normalized spacial score (nSPS) is 14.0. The van der Waals surface area contributed by atoms with Crippen LogP contribution in [-0.4, -0.2) is 40.0 Å². The van der Waals surface area contributed by atoms with Crippen molar-refractivity contribution >= 4 is 29.1 Å². The van der Waals surface area contributed by atoms with Crippen molar-refractivity contribution in [3.8, 4) is 0 Å². The summed E-state index contributed by atoms with van der Waals surface area (Å²) >= 11 is 1.53. The molecular weight excluding hydrogens is 288 g/mol. The van der Waals surface area contributed by atoms with Crippen molar-refractivity contribution in [3.05, 3.63) is 11.9 Å². The molecule has 6 nitrogen and oxygen atoms in total. The van der Waals surface area contributed by atoms with Gasteiger partial charge < -0.3 is 10.2 Å². The van der Waals surface area contributed by atoms with Crippen LogP contribution in [0.5, 0.6) is 0 Å². The first-order valence-corrected chi connectivity index (χ1v) is 8.01. The highest BCUT2D eigenvalue weighted by Gasteiger charge is 2.23. The molecule has 1 unspecified atom stereocenters. The first-order chi connectivity index (χ1) is 9.72. The van der Waals surface area contributed by atoms with Crippen LogP contribution in [0.4, 0.5) is 5.69 Å². The van der Waals surface area contributed by atoms with Crippen LogP contribution in [-0.2, 0) is 15.2 Å². The number of carbonyl (C=O) groups is 1. The Labute approximate surface area is 130 Å². The monoisotopic (exact) mass is 312 g/mol. The van der Waals surface area contributed by atoms with Crippen LogP contribution in [0.3, 0.4) is 0 Å². The number of hydrogen-bond acceptors (Lipinski definition) is 5. The molecule has 1 amide bonds. The molecule has 1 heterocycles. The average Bonchev–Trinajstić information content (AvgIpc) is 2.76. The van der Waals surface area contributed by atoms with Gasteiger partial charge in [0.1, 0.15) is 7.11 Å². The number of carbonyl (C=O) groups excluding carboxylic acids is 1. The van der Waals surface area contributed by atoms with E-state index in [-0.39, 0.29) is 16.7 Å². The lowest BCUT2D eigenvalue weighted by Gasteiger charge is -2.21. The summed E-state index contributed by atoms with van der Waals surface area (Å²) in [6.07, 6.45) is 3.58. The van der Waals surface area contributed by atoms with Crippen LogP contribution >= 0.6 is 11.8 Å². The zero-order valence-electron chi connectivity index (χ0n) is 13.7. The molecule has 0 radical (unpaired) electrons. The third kappa shape index (κ3) is 4.23. The Morgan fingerprint density at radius 2 is 2.14 bits per heavy atom. The van der Waals surface area contributed by atoms with E-state index in [4.69, 9.17) is 4.84 Å². The van der Waals surface area contributed by atoms with Crippen LogP contribution < -0.4 is 5.32 Å². The number of nitrogens with one attached hydrogen (secondary N) is 1. The fraction of sp³-hybridized carbons (Fsp3) is 0.643. The predicted molar refractivity (Wildman–Crippen MR) is 88.0 cm³/mol. The molecule has 0 aliphatic rings. The van der Waals surface area contributed by atoms with E-state index in [9.17, 15) is 4.79 Å². The van der Waals surface area contributed by atoms with Crippen molar-refractivity contribution in [2.75, 3.05) is 18.7 Å². The molecule has 0 aromatic carbocycles. The molecule has 0 aliphatic heterocycles. The maximum atomic E-state index is 12.3. The lowest BCUT2D eigenvalue weighted by atomic mass is 10.1. The number of anilines is 1. The van der Waals surface area contributed by atoms with E-state index in [0.29, 0.717) is 11.4 Å². The first kappa shape index (κ1) is 17.6. The SMILES string of the molecule is CON=C(C(=O)Nc1cnn(C(C)(C)C)c1C)C(C)SC. The Bertz CT molecular complexity index is 532. The third-order valence-corrected chi connectivity index (χ3v) is 3.98. The van der Waals surface area contributed by atoms with Crippen LogP contribution in [0.25, 0.3) is 0 Å². The molecule has 21 heavy (non-hydrogen) atoms. The van der Waals surface area contributed by atoms with Gasteiger partial charge in [-0.05, 0) is 40.9 Å². The third-order valence-electron chi connectivity index (χ3n) is 3.05. The van der Waals surface area contributed by atoms with E-state index >= 15 is 0 Å². The second kappa shape index (κ2) is 6.98. The van der Waals surface area contributed by atoms with Gasteiger partial charge in [-0.25, -0.2) is 0 Å². The van der Waals surface area contributed by atoms with E-state index in [1.54, 1.807) is 6.20 Å². The van der Waals surface area contributed by atoms with Gasteiger partial charge in [-0.2, -0.15) is 16.9 Å². The number of amides is 1. The highest BCUT2D eigenvalue weighted by Crippen LogP contribution is 2.22. The number of hydrogen-bond donors (Lipinski definition) is 1. The molecule has 0 aliphatic carbocycles. The van der Waals surface area contributed by atoms with Crippen molar-refractivity contribution in [2.45, 2.75) is 45.4 Å². The maximum absolute atomic E-state index is 12.3. The van der Waals surface area contributed by atoms with Gasteiger partial charge in [-0.3, -0.25) is 9.48 Å². The summed E-state index contributed by atoms with van der Waals surface area (Å²) in [5.41, 5.74) is 1.81. The van der Waals surface area contributed by atoms with Crippen LogP contribution in [0.1, 0.15) is 33.4 Å². The van der Waals surface area contributed by atoms with Crippen molar-refractivity contribution in [3.63, 3.8) is 0 Å². The quantitative estimate of drug-likeness (QED) is 0.670. The summed E-state index contributed by atoms with van der Waals surface area (Å²) in [7, 11) is 1.43. The van der Waals surface area contributed by atoms with Gasteiger partial charge in [0, 0.05) is 0 Å². The van der Waals surface area contributed by atoms with Crippen LogP contribution in [0, 0.1) is 6.92 Å². The molecule has 118 valence electrons. The van der Waals surface area contributed by atoms with Gasteiger partial charge in [0.15, 0.2) is 5.71 Å². The summed E-state index contributed by atoms with van der Waals surface area (Å²) < 4.78 is 1.88. The maximum Gasteiger partial charge on any atom is 0.274 e. The molecule has 0 fully saturated rings. The minimum atomic E-state index is -0.268. The number of thioether (sulfide) groups is 1. The number of oxime groups is 1. The smallest absolute Gasteiger partial charge is 0.274 e. The Balaban J connectivity index is 2.98. The van der Waals surface area contributed by atoms with Crippen molar-refractivity contribution in [1.82, 2.24) is 9.78 Å². The van der Waals surface area contributed by atoms with Gasteiger partial charge in [0.25, 0.3) is 5.91 Å². The minimum Gasteiger partial charge on any atom is -0.399 e. The standard InChI is InChI=1S/C14H24N4O2S/c1-9-11(8-15-18(9)14(3,4)5)16-13(19)12(17-20-6)10(2)21-7/h8,10H,1-7H3,(H,16,19). The lowest BCUT2D eigenvalue weighted by Crippen LogP contribution is -2.30. The molecule has 0 saturated carbocycles. The van der Waals surface area contributed by atoms with E-state index in [1.165, 1.54) is 18.9 Å². The van der Waals surface area contributed by atoms with Gasteiger partial charge in [0.05, 0.1) is 28.4 Å². The topological polar surface area (TPSA) is 68.5 Å². The van der Waals surface area contributed by atoms with Gasteiger partial charge >= 0.3 is 0 Å². The van der Waals surface area contributed by atoms with Gasteiger partial charge in [0.2, 0.25) is 0 Å². The van der Waals surface area contributed by atoms with Crippen LogP contribution in [0.2, 0.25) is 0 Å². The highest BCUT2D eigenvalue weighted by atomic mass is 32.2. The molecule has 1 rings (SSSR count). The van der Waals surface area contributed by atoms with Crippen molar-refractivity contribution in [2.24, 2.45) is 5.16 Å². The summed E-state index contributed by atoms with van der Waals surface area (Å²) in [5, 5.41) is 11.0. The number of nitrogens with zero attached hydrogens (tertiary/aromatic N) is 3. The Hall–Kier alpha value is -1.50. The average molecular weight is 312 g/mol. The summed E-state index contributed by atoms with van der Waals surface area (Å²) in [4.78, 5) is 17.1. The van der Waals surface area contributed by atoms with E-state index in [2.05, 4.69) is 36.3 Å². The molecule has 0 bridgehead atoms. The second-order valence-corrected chi connectivity index (χ2v) is 6.90. The molecule has 1 N–H and O–H groups in total. The fourth-order valence-corrected chi connectivity index (χ4v) is 2.28. The lowest BCUT2D eigenvalue weighted by molar-refractivity contribution is -0.110. The minimum absolute atomic E-state index is 0.0529. The van der Waals surface area contributed by atoms with E-state index in [0.717, 1.165) is 5.69 Å². The second-order valence-electron chi connectivity index (χ2n) is 5.72. The molecule has 0 spiro atoms. The molecule has 1 aromatic rings. The van der Waals surface area contributed by atoms with Crippen molar-refractivity contribution < 1.29 is 9.63 Å². The number of rotatable bonds is 5. The molecule has 0 saturated heterocycles. The summed E-state index contributed by atoms with van der Waals surface area (Å²) in [5.74, 6) is -0.268. The van der Waals surface area contributed by atoms with Crippen LogP contribution in [0.15, 0.2) is 11.4 Å². The Morgan fingerprint density at radius 3 is 2.57 bits per heavy atom. The predicted octanol–water partition coefficient (Wildman–Crippen LogP) is 2.64. The first-order valence-electron chi connectivity index (χ1n) is 6.72. The highest BCUT2D eigenvalue weighted by molar-refractivity contribution is 8.00. The van der Waals surface area contributed by atoms with Gasteiger partial charge in [-0.15, -0.1) is 0 Å². The largest absolute Gasteiger partial charge is 0.399 e. The van der Waals surface area contributed by atoms with E-state index in [1.807, 2.05) is 24.8 Å². The Kier molecular flexibility index (Phi) is 5.83. The molecule has 1 aromatic heterocycles. The number of aromatic nitrogens is 2. The molecular formula is C14H24N4O2S. The fourth-order valence-electron chi connectivity index (χ4n) is 1.91. The van der Waals surface area contributed by atoms with E-state index < -0.39 is 0 Å².